The van der Waals surface area contributed by atoms with Gasteiger partial charge in [-0.3, -0.25) is 4.79 Å². The second-order valence-electron chi connectivity index (χ2n) is 5.71. The quantitative estimate of drug-likeness (QED) is 0.429. The Bertz CT molecular complexity index is 1030. The first-order valence-electron chi connectivity index (χ1n) is 8.06. The molecule has 27 heavy (non-hydrogen) atoms. The summed E-state index contributed by atoms with van der Waals surface area (Å²) in [4.78, 5) is 13.3. The highest BCUT2D eigenvalue weighted by molar-refractivity contribution is 7.99. The van der Waals surface area contributed by atoms with Crippen LogP contribution in [0.4, 0.5) is 5.69 Å². The van der Waals surface area contributed by atoms with Gasteiger partial charge in [0.25, 0.3) is 5.91 Å². The number of furan rings is 1. The molecule has 1 heterocycles. The Hall–Kier alpha value is -2.94. The van der Waals surface area contributed by atoms with Crippen LogP contribution in [-0.4, -0.2) is 5.91 Å². The Morgan fingerprint density at radius 3 is 2.67 bits per heavy atom. The molecule has 0 radical (unpaired) electrons. The van der Waals surface area contributed by atoms with Crippen LogP contribution in [0, 0.1) is 18.3 Å². The Morgan fingerprint density at radius 2 is 1.96 bits per heavy atom. The summed E-state index contributed by atoms with van der Waals surface area (Å²) in [7, 11) is 0. The number of rotatable bonds is 5. The first-order chi connectivity index (χ1) is 13.0. The van der Waals surface area contributed by atoms with Crippen LogP contribution < -0.4 is 5.32 Å². The van der Waals surface area contributed by atoms with Gasteiger partial charge in [0.2, 0.25) is 0 Å². The Labute approximate surface area is 166 Å². The zero-order valence-electron chi connectivity index (χ0n) is 14.4. The van der Waals surface area contributed by atoms with Crippen molar-refractivity contribution >= 4 is 41.0 Å². The summed E-state index contributed by atoms with van der Waals surface area (Å²) in [6.07, 6.45) is 1.42. The maximum atomic E-state index is 12.3. The molecule has 3 aromatic rings. The van der Waals surface area contributed by atoms with Crippen LogP contribution >= 0.6 is 23.4 Å². The van der Waals surface area contributed by atoms with Crippen LogP contribution in [0.25, 0.3) is 6.08 Å². The molecule has 0 spiro atoms. The molecule has 0 saturated heterocycles. The van der Waals surface area contributed by atoms with Crippen molar-refractivity contribution in [2.75, 3.05) is 5.32 Å². The molecular formula is C21H15ClN2O2S. The highest BCUT2D eigenvalue weighted by Crippen LogP contribution is 2.30. The SMILES string of the molecule is Cc1ccc(Sc2ccc(/C=C(/C#N)C(=O)Nc3cccc(Cl)c3)o2)cc1. The number of hydrogen-bond donors (Lipinski definition) is 1. The third-order valence-corrected chi connectivity index (χ3v) is 4.74. The van der Waals surface area contributed by atoms with Gasteiger partial charge in [-0.15, -0.1) is 0 Å². The standard InChI is InChI=1S/C21H15ClN2O2S/c1-14-5-8-19(9-6-14)27-20-10-7-18(26-20)11-15(13-23)21(25)24-17-4-2-3-16(22)12-17/h2-12H,1H3,(H,24,25)/b15-11-. The summed E-state index contributed by atoms with van der Waals surface area (Å²) in [5.74, 6) is -0.0914. The lowest BCUT2D eigenvalue weighted by atomic mass is 10.2. The van der Waals surface area contributed by atoms with Crippen LogP contribution in [0.1, 0.15) is 11.3 Å². The number of halogens is 1. The van der Waals surface area contributed by atoms with E-state index in [2.05, 4.69) is 5.32 Å². The third kappa shape index (κ3) is 5.27. The average Bonchev–Trinajstić information content (AvgIpc) is 3.08. The van der Waals surface area contributed by atoms with Gasteiger partial charge in [0.05, 0.1) is 0 Å². The molecule has 1 N–H and O–H groups in total. The van der Waals surface area contributed by atoms with E-state index in [0.29, 0.717) is 21.6 Å². The molecule has 0 aliphatic heterocycles. The van der Waals surface area contributed by atoms with E-state index in [1.54, 1.807) is 36.4 Å². The zero-order valence-corrected chi connectivity index (χ0v) is 16.0. The van der Waals surface area contributed by atoms with Gasteiger partial charge in [-0.05, 0) is 49.4 Å². The lowest BCUT2D eigenvalue weighted by Crippen LogP contribution is -2.13. The van der Waals surface area contributed by atoms with Gasteiger partial charge in [-0.1, -0.05) is 47.1 Å². The van der Waals surface area contributed by atoms with E-state index in [-0.39, 0.29) is 5.57 Å². The van der Waals surface area contributed by atoms with Gasteiger partial charge in [-0.2, -0.15) is 5.26 Å². The number of amides is 1. The summed E-state index contributed by atoms with van der Waals surface area (Å²) in [6, 6.07) is 20.2. The van der Waals surface area contributed by atoms with Crippen molar-refractivity contribution in [1.82, 2.24) is 0 Å². The largest absolute Gasteiger partial charge is 0.450 e. The van der Waals surface area contributed by atoms with Crippen molar-refractivity contribution in [3.8, 4) is 6.07 Å². The Kier molecular flexibility index (Phi) is 6.02. The normalized spacial score (nSPS) is 11.1. The van der Waals surface area contributed by atoms with Gasteiger partial charge in [0.1, 0.15) is 17.4 Å². The number of benzene rings is 2. The van der Waals surface area contributed by atoms with Crippen molar-refractivity contribution in [3.05, 3.63) is 82.6 Å². The highest BCUT2D eigenvalue weighted by Gasteiger charge is 2.11. The smallest absolute Gasteiger partial charge is 0.266 e. The van der Waals surface area contributed by atoms with Crippen LogP contribution in [0.3, 0.4) is 0 Å². The number of nitrogens with one attached hydrogen (secondary N) is 1. The van der Waals surface area contributed by atoms with E-state index >= 15 is 0 Å². The molecule has 0 atom stereocenters. The van der Waals surface area contributed by atoms with E-state index in [1.165, 1.54) is 23.4 Å². The Balaban J connectivity index is 1.72. The molecule has 0 saturated carbocycles. The van der Waals surface area contributed by atoms with E-state index in [1.807, 2.05) is 37.3 Å². The van der Waals surface area contributed by atoms with Crippen molar-refractivity contribution in [3.63, 3.8) is 0 Å². The lowest BCUT2D eigenvalue weighted by molar-refractivity contribution is -0.112. The molecule has 2 aromatic carbocycles. The third-order valence-electron chi connectivity index (χ3n) is 3.58. The second kappa shape index (κ2) is 8.63. The number of carbonyl (C=O) groups is 1. The molecular weight excluding hydrogens is 380 g/mol. The van der Waals surface area contributed by atoms with E-state index in [9.17, 15) is 10.1 Å². The number of nitriles is 1. The van der Waals surface area contributed by atoms with Crippen molar-refractivity contribution in [2.45, 2.75) is 16.9 Å². The summed E-state index contributed by atoms with van der Waals surface area (Å²) >= 11 is 7.37. The first kappa shape index (κ1) is 18.8. The van der Waals surface area contributed by atoms with Gasteiger partial charge in [0.15, 0.2) is 5.09 Å². The molecule has 0 bridgehead atoms. The summed E-state index contributed by atoms with van der Waals surface area (Å²) in [6.45, 7) is 2.03. The molecule has 1 aromatic heterocycles. The molecule has 6 heteroatoms. The maximum Gasteiger partial charge on any atom is 0.266 e. The summed E-state index contributed by atoms with van der Waals surface area (Å²) in [5.41, 5.74) is 1.65. The van der Waals surface area contributed by atoms with E-state index < -0.39 is 5.91 Å². The van der Waals surface area contributed by atoms with E-state index in [4.69, 9.17) is 16.0 Å². The van der Waals surface area contributed by atoms with E-state index in [0.717, 1.165) is 4.90 Å². The second-order valence-corrected chi connectivity index (χ2v) is 7.22. The lowest BCUT2D eigenvalue weighted by Gasteiger charge is -2.04. The van der Waals surface area contributed by atoms with Gasteiger partial charge in [-0.25, -0.2) is 0 Å². The minimum Gasteiger partial charge on any atom is -0.450 e. The predicted octanol–water partition coefficient (Wildman–Crippen LogP) is 5.94. The number of nitrogens with zero attached hydrogens (tertiary/aromatic N) is 1. The molecule has 0 fully saturated rings. The number of carbonyl (C=O) groups excluding carboxylic acids is 1. The van der Waals surface area contributed by atoms with Crippen molar-refractivity contribution in [2.24, 2.45) is 0 Å². The van der Waals surface area contributed by atoms with Crippen molar-refractivity contribution < 1.29 is 9.21 Å². The fraction of sp³-hybridized carbons (Fsp3) is 0.0476. The fourth-order valence-corrected chi connectivity index (χ4v) is 3.21. The molecule has 134 valence electrons. The zero-order chi connectivity index (χ0) is 19.2. The van der Waals surface area contributed by atoms with Crippen LogP contribution in [0.15, 0.2) is 80.6 Å². The number of aryl methyl sites for hydroxylation is 1. The predicted molar refractivity (Wildman–Crippen MR) is 108 cm³/mol. The van der Waals surface area contributed by atoms with Crippen molar-refractivity contribution in [1.29, 1.82) is 5.26 Å². The van der Waals surface area contributed by atoms with Gasteiger partial charge < -0.3 is 9.73 Å². The molecule has 0 aliphatic rings. The van der Waals surface area contributed by atoms with Gasteiger partial charge >= 0.3 is 0 Å². The Morgan fingerprint density at radius 1 is 1.19 bits per heavy atom. The maximum absolute atomic E-state index is 12.3. The monoisotopic (exact) mass is 394 g/mol. The average molecular weight is 395 g/mol. The molecule has 1 amide bonds. The molecule has 0 aliphatic carbocycles. The molecule has 0 unspecified atom stereocenters. The first-order valence-corrected chi connectivity index (χ1v) is 9.26. The summed E-state index contributed by atoms with van der Waals surface area (Å²) in [5, 5.41) is 13.1. The summed E-state index contributed by atoms with van der Waals surface area (Å²) < 4.78 is 5.70. The fourth-order valence-electron chi connectivity index (χ4n) is 2.24. The van der Waals surface area contributed by atoms with Gasteiger partial charge in [0, 0.05) is 21.7 Å². The van der Waals surface area contributed by atoms with Crippen LogP contribution in [-0.2, 0) is 4.79 Å². The number of anilines is 1. The highest BCUT2D eigenvalue weighted by atomic mass is 35.5. The molecule has 3 rings (SSSR count). The van der Waals surface area contributed by atoms with Crippen LogP contribution in [0.2, 0.25) is 5.02 Å². The minimum absolute atomic E-state index is 0.0591. The van der Waals surface area contributed by atoms with Crippen LogP contribution in [0.5, 0.6) is 0 Å². The topological polar surface area (TPSA) is 66.0 Å². The minimum atomic E-state index is -0.524. The number of hydrogen-bond acceptors (Lipinski definition) is 4. The molecule has 4 nitrogen and oxygen atoms in total.